The Labute approximate surface area is 112 Å². The minimum Gasteiger partial charge on any atom is -0.441 e. The van der Waals surface area contributed by atoms with Gasteiger partial charge in [0.2, 0.25) is 5.91 Å². The van der Waals surface area contributed by atoms with Crippen molar-refractivity contribution in [3.63, 3.8) is 0 Å². The Kier molecular flexibility index (Phi) is 3.57. The van der Waals surface area contributed by atoms with Crippen LogP contribution in [0.1, 0.15) is 26.2 Å². The first kappa shape index (κ1) is 13.5. The Balaban J connectivity index is 2.19. The van der Waals surface area contributed by atoms with Gasteiger partial charge in [-0.2, -0.15) is 0 Å². The molecular weight excluding hydrogens is 242 g/mol. The second kappa shape index (κ2) is 5.01. The van der Waals surface area contributed by atoms with Crippen LogP contribution in [0.5, 0.6) is 0 Å². The molecule has 0 aliphatic carbocycles. The smallest absolute Gasteiger partial charge is 0.230 e. The maximum atomic E-state index is 12.2. The third-order valence-electron chi connectivity index (χ3n) is 3.14. The van der Waals surface area contributed by atoms with E-state index in [9.17, 15) is 4.79 Å². The molecule has 1 amide bonds. The van der Waals surface area contributed by atoms with E-state index < -0.39 is 5.41 Å². The number of fused-ring (bicyclic) bond motifs is 1. The quantitative estimate of drug-likeness (QED) is 0.885. The number of anilines is 1. The van der Waals surface area contributed by atoms with Crippen LogP contribution in [-0.4, -0.2) is 17.4 Å². The van der Waals surface area contributed by atoms with E-state index in [1.165, 1.54) is 0 Å². The molecule has 5 heteroatoms. The number of amides is 1. The van der Waals surface area contributed by atoms with Gasteiger partial charge in [-0.15, -0.1) is 0 Å². The fourth-order valence-electron chi connectivity index (χ4n) is 1.89. The molecule has 2 aromatic rings. The Morgan fingerprint density at radius 2 is 2.21 bits per heavy atom. The second-order valence-corrected chi connectivity index (χ2v) is 5.29. The van der Waals surface area contributed by atoms with E-state index >= 15 is 0 Å². The van der Waals surface area contributed by atoms with Crippen LogP contribution in [0.2, 0.25) is 0 Å². The number of hydrogen-bond acceptors (Lipinski definition) is 4. The molecule has 0 radical (unpaired) electrons. The minimum atomic E-state index is -0.485. The van der Waals surface area contributed by atoms with Crippen molar-refractivity contribution in [2.75, 3.05) is 11.9 Å². The summed E-state index contributed by atoms with van der Waals surface area (Å²) in [6, 6.07) is 5.43. The zero-order valence-corrected chi connectivity index (χ0v) is 11.5. The normalized spacial score (nSPS) is 11.8. The number of carbonyl (C=O) groups excluding carboxylic acids is 1. The van der Waals surface area contributed by atoms with Gasteiger partial charge in [0, 0.05) is 24.1 Å². The van der Waals surface area contributed by atoms with Crippen LogP contribution in [0, 0.1) is 12.3 Å². The molecule has 0 fully saturated rings. The van der Waals surface area contributed by atoms with Crippen molar-refractivity contribution < 1.29 is 9.21 Å². The van der Waals surface area contributed by atoms with Crippen molar-refractivity contribution in [1.29, 1.82) is 0 Å². The van der Waals surface area contributed by atoms with Gasteiger partial charge in [-0.05, 0) is 25.1 Å². The molecule has 0 spiro atoms. The summed E-state index contributed by atoms with van der Waals surface area (Å²) in [4.78, 5) is 16.4. The number of nitrogens with one attached hydrogen (secondary N) is 1. The highest BCUT2D eigenvalue weighted by atomic mass is 16.3. The highest BCUT2D eigenvalue weighted by Crippen LogP contribution is 2.24. The number of benzene rings is 1. The number of nitrogens with zero attached hydrogens (tertiary/aromatic N) is 1. The molecule has 1 aromatic carbocycles. The summed E-state index contributed by atoms with van der Waals surface area (Å²) >= 11 is 0. The minimum absolute atomic E-state index is 0.0477. The summed E-state index contributed by atoms with van der Waals surface area (Å²) in [7, 11) is 0. The highest BCUT2D eigenvalue weighted by Gasteiger charge is 2.26. The largest absolute Gasteiger partial charge is 0.441 e. The maximum absolute atomic E-state index is 12.2. The molecule has 0 saturated heterocycles. The van der Waals surface area contributed by atoms with Gasteiger partial charge in [-0.1, -0.05) is 13.8 Å². The second-order valence-electron chi connectivity index (χ2n) is 5.29. The zero-order chi connectivity index (χ0) is 14.0. The third-order valence-corrected chi connectivity index (χ3v) is 3.14. The number of aryl methyl sites for hydroxylation is 1. The number of oxazole rings is 1. The lowest BCUT2D eigenvalue weighted by Crippen LogP contribution is -2.32. The van der Waals surface area contributed by atoms with Gasteiger partial charge in [-0.3, -0.25) is 4.79 Å². The van der Waals surface area contributed by atoms with E-state index in [-0.39, 0.29) is 5.91 Å². The predicted molar refractivity (Wildman–Crippen MR) is 74.8 cm³/mol. The van der Waals surface area contributed by atoms with Gasteiger partial charge in [0.25, 0.3) is 0 Å². The van der Waals surface area contributed by atoms with Gasteiger partial charge in [0.15, 0.2) is 11.5 Å². The molecule has 0 aliphatic rings. The average molecular weight is 261 g/mol. The SMILES string of the molecule is Cc1nc2ccc(NC(=O)C(C)(C)CCN)cc2o1. The average Bonchev–Trinajstić information content (AvgIpc) is 2.68. The number of aromatic nitrogens is 1. The number of nitrogens with two attached hydrogens (primary N) is 1. The van der Waals surface area contributed by atoms with E-state index in [0.29, 0.717) is 30.1 Å². The van der Waals surface area contributed by atoms with Gasteiger partial charge in [0.1, 0.15) is 5.52 Å². The fraction of sp³-hybridized carbons (Fsp3) is 0.429. The summed E-state index contributed by atoms with van der Waals surface area (Å²) in [5, 5.41) is 2.89. The number of rotatable bonds is 4. The van der Waals surface area contributed by atoms with Crippen molar-refractivity contribution in [2.45, 2.75) is 27.2 Å². The predicted octanol–water partition coefficient (Wildman–Crippen LogP) is 2.45. The number of carbonyl (C=O) groups is 1. The van der Waals surface area contributed by atoms with Gasteiger partial charge < -0.3 is 15.5 Å². The molecule has 0 bridgehead atoms. The molecule has 0 saturated carbocycles. The van der Waals surface area contributed by atoms with E-state index in [0.717, 1.165) is 5.52 Å². The Morgan fingerprint density at radius 1 is 1.47 bits per heavy atom. The zero-order valence-electron chi connectivity index (χ0n) is 11.5. The Hall–Kier alpha value is -1.88. The molecule has 0 aliphatic heterocycles. The van der Waals surface area contributed by atoms with E-state index in [2.05, 4.69) is 10.3 Å². The van der Waals surface area contributed by atoms with Gasteiger partial charge in [-0.25, -0.2) is 4.98 Å². The topological polar surface area (TPSA) is 81.2 Å². The van der Waals surface area contributed by atoms with Crippen molar-refractivity contribution in [3.05, 3.63) is 24.1 Å². The maximum Gasteiger partial charge on any atom is 0.230 e. The van der Waals surface area contributed by atoms with Crippen molar-refractivity contribution in [1.82, 2.24) is 4.98 Å². The van der Waals surface area contributed by atoms with Crippen LogP contribution in [0.3, 0.4) is 0 Å². The van der Waals surface area contributed by atoms with Crippen LogP contribution < -0.4 is 11.1 Å². The van der Waals surface area contributed by atoms with Crippen LogP contribution in [0.4, 0.5) is 5.69 Å². The molecule has 102 valence electrons. The van der Waals surface area contributed by atoms with Gasteiger partial charge >= 0.3 is 0 Å². The third kappa shape index (κ3) is 2.93. The number of hydrogen-bond donors (Lipinski definition) is 2. The monoisotopic (exact) mass is 261 g/mol. The summed E-state index contributed by atoms with van der Waals surface area (Å²) < 4.78 is 5.44. The standard InChI is InChI=1S/C14H19N3O2/c1-9-16-11-5-4-10(8-12(11)19-9)17-13(18)14(2,3)6-7-15/h4-5,8H,6-7,15H2,1-3H3,(H,17,18). The first-order valence-corrected chi connectivity index (χ1v) is 6.31. The van der Waals surface area contributed by atoms with Crippen molar-refractivity contribution in [3.8, 4) is 0 Å². The molecule has 2 rings (SSSR count). The molecule has 19 heavy (non-hydrogen) atoms. The van der Waals surface area contributed by atoms with Crippen LogP contribution in [-0.2, 0) is 4.79 Å². The van der Waals surface area contributed by atoms with E-state index in [1.54, 1.807) is 13.0 Å². The molecule has 1 heterocycles. The van der Waals surface area contributed by atoms with Gasteiger partial charge in [0.05, 0.1) is 0 Å². The summed E-state index contributed by atoms with van der Waals surface area (Å²) in [5.41, 5.74) is 7.20. The summed E-state index contributed by atoms with van der Waals surface area (Å²) in [6.45, 7) is 6.04. The van der Waals surface area contributed by atoms with E-state index in [1.807, 2.05) is 26.0 Å². The fourth-order valence-corrected chi connectivity index (χ4v) is 1.89. The molecular formula is C14H19N3O2. The first-order chi connectivity index (χ1) is 8.92. The molecule has 0 unspecified atom stereocenters. The lowest BCUT2D eigenvalue weighted by molar-refractivity contribution is -0.124. The lowest BCUT2D eigenvalue weighted by Gasteiger charge is -2.22. The summed E-state index contributed by atoms with van der Waals surface area (Å²) in [6.07, 6.45) is 0.641. The Morgan fingerprint density at radius 3 is 2.89 bits per heavy atom. The Bertz CT molecular complexity index is 602. The van der Waals surface area contributed by atoms with Crippen LogP contribution in [0.25, 0.3) is 11.1 Å². The molecule has 1 aromatic heterocycles. The van der Waals surface area contributed by atoms with Crippen LogP contribution >= 0.6 is 0 Å². The lowest BCUT2D eigenvalue weighted by atomic mass is 9.88. The first-order valence-electron chi connectivity index (χ1n) is 6.31. The molecule has 3 N–H and O–H groups in total. The van der Waals surface area contributed by atoms with E-state index in [4.69, 9.17) is 10.2 Å². The molecule has 0 atom stereocenters. The van der Waals surface area contributed by atoms with Crippen molar-refractivity contribution >= 4 is 22.7 Å². The summed E-state index contributed by atoms with van der Waals surface area (Å²) in [5.74, 6) is 0.565. The molecule has 5 nitrogen and oxygen atoms in total. The highest BCUT2D eigenvalue weighted by molar-refractivity contribution is 5.96. The van der Waals surface area contributed by atoms with Crippen LogP contribution in [0.15, 0.2) is 22.6 Å². The van der Waals surface area contributed by atoms with Crippen molar-refractivity contribution in [2.24, 2.45) is 11.1 Å².